The van der Waals surface area contributed by atoms with Gasteiger partial charge in [-0.2, -0.15) is 5.26 Å². The first-order chi connectivity index (χ1) is 13.3. The lowest BCUT2D eigenvalue weighted by Gasteiger charge is -2.27. The molecule has 7 nitrogen and oxygen atoms in total. The number of ether oxygens (including phenoxy) is 1. The molecule has 144 valence electrons. The molecule has 3 rings (SSSR count). The van der Waals surface area contributed by atoms with Crippen molar-refractivity contribution in [3.63, 3.8) is 0 Å². The van der Waals surface area contributed by atoms with Gasteiger partial charge < -0.3 is 14.5 Å². The van der Waals surface area contributed by atoms with Crippen LogP contribution in [0.4, 0.5) is 0 Å². The van der Waals surface area contributed by atoms with Gasteiger partial charge in [-0.1, -0.05) is 26.0 Å². The summed E-state index contributed by atoms with van der Waals surface area (Å²) in [5, 5.41) is 12.5. The van der Waals surface area contributed by atoms with Gasteiger partial charge in [0.15, 0.2) is 17.4 Å². The first-order valence-corrected chi connectivity index (χ1v) is 9.49. The maximum absolute atomic E-state index is 12.2. The van der Waals surface area contributed by atoms with E-state index in [-0.39, 0.29) is 11.7 Å². The number of aromatic nitrogens is 1. The van der Waals surface area contributed by atoms with E-state index in [2.05, 4.69) is 16.4 Å². The number of para-hydroxylation sites is 1. The number of nitriles is 1. The van der Waals surface area contributed by atoms with Crippen LogP contribution in [0.5, 0.6) is 0 Å². The number of benzene rings is 1. The molecule has 0 unspecified atom stereocenters. The van der Waals surface area contributed by atoms with Gasteiger partial charge in [0.25, 0.3) is 5.91 Å². The Morgan fingerprint density at radius 1 is 1.32 bits per heavy atom. The zero-order valence-corrected chi connectivity index (χ0v) is 16.5. The van der Waals surface area contributed by atoms with Gasteiger partial charge in [0.1, 0.15) is 5.54 Å². The number of rotatable bonds is 6. The Labute approximate surface area is 165 Å². The Morgan fingerprint density at radius 2 is 2.07 bits per heavy atom. The van der Waals surface area contributed by atoms with Crippen molar-refractivity contribution in [1.82, 2.24) is 10.3 Å². The lowest BCUT2D eigenvalue weighted by Crippen LogP contribution is -2.50. The summed E-state index contributed by atoms with van der Waals surface area (Å²) in [4.78, 5) is 28.6. The second kappa shape index (κ2) is 7.82. The zero-order valence-electron chi connectivity index (χ0n) is 15.7. The van der Waals surface area contributed by atoms with E-state index in [9.17, 15) is 14.9 Å². The second-order valence-corrected chi connectivity index (χ2v) is 7.77. The number of carbonyl (C=O) groups excluding carboxylic acids is 2. The molecule has 1 amide bonds. The van der Waals surface area contributed by atoms with E-state index in [1.54, 1.807) is 13.0 Å². The predicted molar refractivity (Wildman–Crippen MR) is 105 cm³/mol. The second-order valence-electron chi connectivity index (χ2n) is 6.74. The quantitative estimate of drug-likeness (QED) is 0.635. The van der Waals surface area contributed by atoms with E-state index in [1.165, 1.54) is 17.4 Å². The molecule has 0 bridgehead atoms. The van der Waals surface area contributed by atoms with Gasteiger partial charge in [-0.25, -0.2) is 9.78 Å². The summed E-state index contributed by atoms with van der Waals surface area (Å²) in [7, 11) is 0. The summed E-state index contributed by atoms with van der Waals surface area (Å²) in [6.07, 6.45) is 0. The van der Waals surface area contributed by atoms with Gasteiger partial charge >= 0.3 is 5.97 Å². The van der Waals surface area contributed by atoms with Crippen molar-refractivity contribution in [2.24, 2.45) is 5.92 Å². The minimum absolute atomic E-state index is 0.0195. The number of fused-ring (bicyclic) bond motifs is 1. The molecule has 0 spiro atoms. The van der Waals surface area contributed by atoms with Gasteiger partial charge in [-0.3, -0.25) is 4.79 Å². The molecule has 2 aromatic heterocycles. The molecule has 0 saturated heterocycles. The SMILES string of the molecule is CC(C)[C@@](C)(C#N)NC(=O)COC(=O)c1ccc(-c2nc3ccccc3s2)o1. The molecule has 0 aliphatic rings. The van der Waals surface area contributed by atoms with Gasteiger partial charge in [0.05, 0.1) is 16.3 Å². The molecule has 0 aliphatic carbocycles. The Morgan fingerprint density at radius 3 is 2.75 bits per heavy atom. The Balaban J connectivity index is 1.63. The van der Waals surface area contributed by atoms with Gasteiger partial charge in [-0.05, 0) is 37.1 Å². The highest BCUT2D eigenvalue weighted by atomic mass is 32.1. The normalized spacial score (nSPS) is 13.1. The average molecular weight is 397 g/mol. The molecule has 8 heteroatoms. The minimum atomic E-state index is -1.03. The van der Waals surface area contributed by atoms with Crippen LogP contribution >= 0.6 is 11.3 Å². The van der Waals surface area contributed by atoms with E-state index < -0.39 is 24.0 Å². The third-order valence-electron chi connectivity index (χ3n) is 4.43. The highest BCUT2D eigenvalue weighted by Gasteiger charge is 2.30. The fourth-order valence-electron chi connectivity index (χ4n) is 2.37. The number of hydrogen-bond acceptors (Lipinski definition) is 7. The number of nitrogens with one attached hydrogen (secondary N) is 1. The summed E-state index contributed by atoms with van der Waals surface area (Å²) in [6.45, 7) is 4.76. The van der Waals surface area contributed by atoms with Crippen molar-refractivity contribution in [2.45, 2.75) is 26.3 Å². The number of esters is 1. The molecule has 0 aliphatic heterocycles. The predicted octanol–water partition coefficient (Wildman–Crippen LogP) is 3.77. The fourth-order valence-corrected chi connectivity index (χ4v) is 3.30. The first kappa shape index (κ1) is 19.6. The highest BCUT2D eigenvalue weighted by Crippen LogP contribution is 2.31. The number of thiazole rings is 1. The maximum Gasteiger partial charge on any atom is 0.374 e. The number of nitrogens with zero attached hydrogens (tertiary/aromatic N) is 2. The topological polar surface area (TPSA) is 105 Å². The van der Waals surface area contributed by atoms with Crippen LogP contribution in [0.3, 0.4) is 0 Å². The summed E-state index contributed by atoms with van der Waals surface area (Å²) in [6, 6.07) is 12.9. The molecule has 2 heterocycles. The van der Waals surface area contributed by atoms with Crippen molar-refractivity contribution >= 4 is 33.4 Å². The Kier molecular flexibility index (Phi) is 5.47. The molecule has 1 N–H and O–H groups in total. The van der Waals surface area contributed by atoms with Crippen molar-refractivity contribution in [3.8, 4) is 16.8 Å². The molecule has 0 radical (unpaired) electrons. The van der Waals surface area contributed by atoms with E-state index >= 15 is 0 Å². The fraction of sp³-hybridized carbons (Fsp3) is 0.300. The van der Waals surface area contributed by atoms with Crippen LogP contribution < -0.4 is 5.32 Å². The van der Waals surface area contributed by atoms with E-state index in [0.29, 0.717) is 10.8 Å². The zero-order chi connectivity index (χ0) is 20.3. The average Bonchev–Trinajstić information content (AvgIpc) is 3.32. The molecular formula is C20H19N3O4S. The van der Waals surface area contributed by atoms with Crippen molar-refractivity contribution in [2.75, 3.05) is 6.61 Å². The van der Waals surface area contributed by atoms with Crippen LogP contribution in [0.2, 0.25) is 0 Å². The molecule has 3 aromatic rings. The van der Waals surface area contributed by atoms with Crippen LogP contribution in [-0.4, -0.2) is 29.0 Å². The van der Waals surface area contributed by atoms with Crippen molar-refractivity contribution in [1.29, 1.82) is 5.26 Å². The maximum atomic E-state index is 12.2. The Bertz CT molecular complexity index is 1030. The van der Waals surface area contributed by atoms with Crippen molar-refractivity contribution in [3.05, 3.63) is 42.2 Å². The lowest BCUT2D eigenvalue weighted by molar-refractivity contribution is -0.125. The van der Waals surface area contributed by atoms with Gasteiger partial charge in [-0.15, -0.1) is 11.3 Å². The number of furan rings is 1. The van der Waals surface area contributed by atoms with Crippen LogP contribution in [0.1, 0.15) is 31.3 Å². The highest BCUT2D eigenvalue weighted by molar-refractivity contribution is 7.21. The largest absolute Gasteiger partial charge is 0.450 e. The van der Waals surface area contributed by atoms with Gasteiger partial charge in [0.2, 0.25) is 5.76 Å². The van der Waals surface area contributed by atoms with Gasteiger partial charge in [0, 0.05) is 0 Å². The lowest BCUT2D eigenvalue weighted by atomic mass is 9.90. The molecule has 1 aromatic carbocycles. The summed E-state index contributed by atoms with van der Waals surface area (Å²) in [5.41, 5.74) is -0.181. The van der Waals surface area contributed by atoms with Crippen LogP contribution in [-0.2, 0) is 9.53 Å². The monoisotopic (exact) mass is 397 g/mol. The standard InChI is InChI=1S/C20H19N3O4S/c1-12(2)20(3,11-21)23-17(24)10-26-19(25)15-9-8-14(27-15)18-22-13-6-4-5-7-16(13)28-18/h4-9,12H,10H2,1-3H3,(H,23,24)/t20-/m1/s1. The van der Waals surface area contributed by atoms with E-state index in [1.807, 2.05) is 38.1 Å². The first-order valence-electron chi connectivity index (χ1n) is 8.67. The minimum Gasteiger partial charge on any atom is -0.450 e. The smallest absolute Gasteiger partial charge is 0.374 e. The number of amides is 1. The summed E-state index contributed by atoms with van der Waals surface area (Å²) in [5.74, 6) is -0.975. The Hall–Kier alpha value is -3.18. The van der Waals surface area contributed by atoms with Crippen LogP contribution in [0, 0.1) is 17.2 Å². The van der Waals surface area contributed by atoms with E-state index in [4.69, 9.17) is 9.15 Å². The van der Waals surface area contributed by atoms with Crippen LogP contribution in [0.15, 0.2) is 40.8 Å². The number of carbonyl (C=O) groups is 2. The molecule has 0 fully saturated rings. The van der Waals surface area contributed by atoms with Crippen LogP contribution in [0.25, 0.3) is 21.0 Å². The summed E-state index contributed by atoms with van der Waals surface area (Å²) >= 11 is 1.45. The van der Waals surface area contributed by atoms with E-state index in [0.717, 1.165) is 10.2 Å². The van der Waals surface area contributed by atoms with Crippen molar-refractivity contribution < 1.29 is 18.7 Å². The molecule has 28 heavy (non-hydrogen) atoms. The molecule has 1 atom stereocenters. The number of hydrogen-bond donors (Lipinski definition) is 1. The third-order valence-corrected chi connectivity index (χ3v) is 5.48. The third kappa shape index (κ3) is 4.05. The molecular weight excluding hydrogens is 378 g/mol. The molecule has 0 saturated carbocycles. The summed E-state index contributed by atoms with van der Waals surface area (Å²) < 4.78 is 11.6.